The van der Waals surface area contributed by atoms with Crippen molar-refractivity contribution in [1.29, 1.82) is 0 Å². The van der Waals surface area contributed by atoms with Crippen molar-refractivity contribution >= 4 is 22.5 Å². The third-order valence-electron chi connectivity index (χ3n) is 4.75. The monoisotopic (exact) mass is 324 g/mol. The van der Waals surface area contributed by atoms with Crippen LogP contribution in [0.25, 0.3) is 33.0 Å². The van der Waals surface area contributed by atoms with Crippen LogP contribution in [-0.4, -0.2) is 0 Å². The number of fused-ring (bicyclic) bond motifs is 2. The summed E-state index contributed by atoms with van der Waals surface area (Å²) in [6.45, 7) is 0. The molecule has 0 saturated carbocycles. The van der Waals surface area contributed by atoms with Gasteiger partial charge in [0.1, 0.15) is 0 Å². The molecule has 5 rings (SSSR count). The molecule has 0 fully saturated rings. The van der Waals surface area contributed by atoms with Crippen LogP contribution in [0.3, 0.4) is 0 Å². The van der Waals surface area contributed by atoms with Gasteiger partial charge in [-0.1, -0.05) is 84.9 Å². The molecular formula is C23H16S. The Bertz CT molecular complexity index is 948. The van der Waals surface area contributed by atoms with Crippen LogP contribution in [0.1, 0.15) is 5.56 Å². The number of rotatable bonds is 2. The van der Waals surface area contributed by atoms with Crippen molar-refractivity contribution in [3.8, 4) is 22.3 Å². The summed E-state index contributed by atoms with van der Waals surface area (Å²) in [4.78, 5) is 1.46. The van der Waals surface area contributed by atoms with E-state index in [1.54, 1.807) is 0 Å². The molecule has 24 heavy (non-hydrogen) atoms. The fourth-order valence-corrected chi connectivity index (χ4v) is 4.71. The number of thioether (sulfide) groups is 1. The zero-order valence-corrected chi connectivity index (χ0v) is 14.0. The van der Waals surface area contributed by atoms with Gasteiger partial charge < -0.3 is 0 Å². The summed E-state index contributed by atoms with van der Waals surface area (Å²) in [5, 5.41) is 2.72. The Morgan fingerprint density at radius 1 is 0.542 bits per heavy atom. The Morgan fingerprint density at radius 2 is 1.04 bits per heavy atom. The van der Waals surface area contributed by atoms with Gasteiger partial charge in [-0.05, 0) is 33.0 Å². The number of hydrogen-bond donors (Lipinski definition) is 0. The average molecular weight is 324 g/mol. The minimum atomic E-state index is 1.10. The van der Waals surface area contributed by atoms with Gasteiger partial charge in [0.25, 0.3) is 0 Å². The summed E-state index contributed by atoms with van der Waals surface area (Å²) in [6, 6.07) is 30.5. The Hall–Kier alpha value is -2.51. The minimum absolute atomic E-state index is 1.10. The van der Waals surface area contributed by atoms with Gasteiger partial charge in [0.15, 0.2) is 0 Å². The second-order valence-electron chi connectivity index (χ2n) is 6.12. The maximum Gasteiger partial charge on any atom is 0.0250 e. The summed E-state index contributed by atoms with van der Waals surface area (Å²) < 4.78 is 0. The molecule has 114 valence electrons. The third kappa shape index (κ3) is 2.02. The van der Waals surface area contributed by atoms with Crippen LogP contribution in [-0.2, 0) is 5.75 Å². The number of benzene rings is 4. The highest BCUT2D eigenvalue weighted by atomic mass is 32.2. The predicted octanol–water partition coefficient (Wildman–Crippen LogP) is 6.78. The molecule has 1 aliphatic heterocycles. The first-order valence-corrected chi connectivity index (χ1v) is 9.23. The van der Waals surface area contributed by atoms with E-state index in [9.17, 15) is 0 Å². The molecule has 1 heterocycles. The molecule has 1 aliphatic rings. The smallest absolute Gasteiger partial charge is 0.0250 e. The molecular weight excluding hydrogens is 308 g/mol. The number of hydrogen-bond acceptors (Lipinski definition) is 1. The molecule has 4 aromatic carbocycles. The molecule has 0 aromatic heterocycles. The van der Waals surface area contributed by atoms with Gasteiger partial charge in [0.05, 0.1) is 0 Å². The molecule has 0 N–H and O–H groups in total. The van der Waals surface area contributed by atoms with Gasteiger partial charge >= 0.3 is 0 Å². The first kappa shape index (κ1) is 13.9. The van der Waals surface area contributed by atoms with Gasteiger partial charge in [0, 0.05) is 16.2 Å². The van der Waals surface area contributed by atoms with Gasteiger partial charge in [-0.3, -0.25) is 0 Å². The molecule has 0 unspecified atom stereocenters. The maximum absolute atomic E-state index is 2.27. The second kappa shape index (κ2) is 5.54. The van der Waals surface area contributed by atoms with E-state index >= 15 is 0 Å². The molecule has 0 spiro atoms. The molecule has 0 bridgehead atoms. The average Bonchev–Trinajstić information content (AvgIpc) is 2.64. The Morgan fingerprint density at radius 3 is 1.58 bits per heavy atom. The van der Waals surface area contributed by atoms with Gasteiger partial charge in [-0.25, -0.2) is 0 Å². The van der Waals surface area contributed by atoms with Crippen molar-refractivity contribution in [2.45, 2.75) is 10.6 Å². The van der Waals surface area contributed by atoms with Crippen molar-refractivity contribution < 1.29 is 0 Å². The van der Waals surface area contributed by atoms with E-state index in [0.717, 1.165) is 5.75 Å². The Kier molecular flexibility index (Phi) is 3.20. The molecule has 0 radical (unpaired) electrons. The fourth-order valence-electron chi connectivity index (χ4n) is 3.66. The quantitative estimate of drug-likeness (QED) is 0.391. The van der Waals surface area contributed by atoms with Crippen LogP contribution in [0.2, 0.25) is 0 Å². The van der Waals surface area contributed by atoms with Crippen LogP contribution in [0.4, 0.5) is 0 Å². The Balaban J connectivity index is 1.91. The normalized spacial score (nSPS) is 12.7. The van der Waals surface area contributed by atoms with Crippen LogP contribution in [0.5, 0.6) is 0 Å². The lowest BCUT2D eigenvalue weighted by Gasteiger charge is -2.28. The lowest BCUT2D eigenvalue weighted by Crippen LogP contribution is -2.04. The third-order valence-corrected chi connectivity index (χ3v) is 5.93. The summed E-state index contributed by atoms with van der Waals surface area (Å²) in [5.41, 5.74) is 6.96. The Labute approximate surface area is 146 Å². The summed E-state index contributed by atoms with van der Waals surface area (Å²) in [6.07, 6.45) is 0. The molecule has 0 aliphatic carbocycles. The van der Waals surface area contributed by atoms with Crippen molar-refractivity contribution in [1.82, 2.24) is 0 Å². The predicted molar refractivity (Wildman–Crippen MR) is 104 cm³/mol. The van der Waals surface area contributed by atoms with E-state index < -0.39 is 0 Å². The first-order valence-electron chi connectivity index (χ1n) is 8.25. The van der Waals surface area contributed by atoms with Crippen molar-refractivity contribution in [3.05, 3.63) is 90.5 Å². The highest BCUT2D eigenvalue weighted by molar-refractivity contribution is 8.00. The van der Waals surface area contributed by atoms with E-state index in [-0.39, 0.29) is 0 Å². The van der Waals surface area contributed by atoms with Gasteiger partial charge in [-0.2, -0.15) is 0 Å². The molecule has 0 saturated heterocycles. The molecule has 1 heteroatoms. The van der Waals surface area contributed by atoms with Crippen molar-refractivity contribution in [2.75, 3.05) is 0 Å². The largest absolute Gasteiger partial charge is 0.120 e. The topological polar surface area (TPSA) is 0 Å². The molecule has 4 aromatic rings. The van der Waals surface area contributed by atoms with Crippen molar-refractivity contribution in [2.24, 2.45) is 0 Å². The highest BCUT2D eigenvalue weighted by Gasteiger charge is 2.26. The van der Waals surface area contributed by atoms with Gasteiger partial charge in [-0.15, -0.1) is 11.8 Å². The zero-order valence-electron chi connectivity index (χ0n) is 13.2. The fraction of sp³-hybridized carbons (Fsp3) is 0.0435. The van der Waals surface area contributed by atoms with Crippen LogP contribution in [0.15, 0.2) is 89.8 Å². The van der Waals surface area contributed by atoms with E-state index in [1.165, 1.54) is 43.5 Å². The highest BCUT2D eigenvalue weighted by Crippen LogP contribution is 2.53. The second-order valence-corrected chi connectivity index (χ2v) is 7.11. The van der Waals surface area contributed by atoms with E-state index in [0.29, 0.717) is 0 Å². The molecule has 0 amide bonds. The summed E-state index contributed by atoms with van der Waals surface area (Å²) in [7, 11) is 0. The zero-order chi connectivity index (χ0) is 15.9. The minimum Gasteiger partial charge on any atom is -0.120 e. The standard InChI is InChI=1S/C23H16S/c1-3-9-16(10-4-1)21-18-13-7-8-14-19(18)22(23-20(21)15-24-23)17-11-5-2-6-12-17/h1-14H,15H2. The maximum atomic E-state index is 2.27. The van der Waals surface area contributed by atoms with E-state index in [1.807, 2.05) is 11.8 Å². The molecule has 0 atom stereocenters. The van der Waals surface area contributed by atoms with Crippen LogP contribution < -0.4 is 0 Å². The van der Waals surface area contributed by atoms with Crippen molar-refractivity contribution in [3.63, 3.8) is 0 Å². The lowest BCUT2D eigenvalue weighted by molar-refractivity contribution is 1.22. The van der Waals surface area contributed by atoms with E-state index in [4.69, 9.17) is 0 Å². The van der Waals surface area contributed by atoms with Crippen LogP contribution in [0, 0.1) is 0 Å². The lowest BCUT2D eigenvalue weighted by atomic mass is 9.88. The molecule has 0 nitrogen and oxygen atoms in total. The first-order chi connectivity index (χ1) is 11.9. The summed E-state index contributed by atoms with van der Waals surface area (Å²) in [5.74, 6) is 1.10. The van der Waals surface area contributed by atoms with E-state index in [2.05, 4.69) is 84.9 Å². The SMILES string of the molecule is c1ccc(-c2c3c(c(-c4ccccc4)c4ccccc24)SC3)cc1. The van der Waals surface area contributed by atoms with Crippen LogP contribution >= 0.6 is 11.8 Å². The van der Waals surface area contributed by atoms with Gasteiger partial charge in [0.2, 0.25) is 0 Å². The summed E-state index contributed by atoms with van der Waals surface area (Å²) >= 11 is 1.98.